The monoisotopic (exact) mass is 317 g/mol. The number of carbonyl (C=O) groups is 1. The highest BCUT2D eigenvalue weighted by molar-refractivity contribution is 7.90. The van der Waals surface area contributed by atoms with E-state index in [1.54, 1.807) is 31.2 Å². The lowest BCUT2D eigenvalue weighted by Gasteiger charge is -2.34. The SMILES string of the molecule is CC(C)(C)[S+]([O-])N[C@@](C)(CC(=O)O)c1cccc(Cl)c1. The van der Waals surface area contributed by atoms with Crippen molar-refractivity contribution in [3.05, 3.63) is 34.9 Å². The Morgan fingerprint density at radius 3 is 2.45 bits per heavy atom. The third-order valence-electron chi connectivity index (χ3n) is 2.84. The molecule has 0 saturated carbocycles. The second kappa shape index (κ2) is 6.35. The number of rotatable bonds is 5. The number of hydrogen-bond acceptors (Lipinski definition) is 3. The smallest absolute Gasteiger partial charge is 0.305 e. The lowest BCUT2D eigenvalue weighted by Crippen LogP contribution is -2.50. The first-order chi connectivity index (χ1) is 9.04. The summed E-state index contributed by atoms with van der Waals surface area (Å²) in [5.41, 5.74) is -0.250. The third-order valence-corrected chi connectivity index (χ3v) is 4.82. The maximum atomic E-state index is 12.3. The van der Waals surface area contributed by atoms with E-state index in [0.717, 1.165) is 0 Å². The normalized spacial score (nSPS) is 16.5. The van der Waals surface area contributed by atoms with Crippen LogP contribution >= 0.6 is 11.6 Å². The zero-order valence-electron chi connectivity index (χ0n) is 12.1. The number of carboxylic acid groups (broad SMARTS) is 1. The summed E-state index contributed by atoms with van der Waals surface area (Å²) in [6.45, 7) is 7.20. The minimum absolute atomic E-state index is 0.185. The van der Waals surface area contributed by atoms with Gasteiger partial charge in [-0.05, 0) is 45.4 Å². The predicted molar refractivity (Wildman–Crippen MR) is 82.1 cm³/mol. The second-order valence-corrected chi connectivity index (χ2v) is 8.30. The number of nitrogens with one attached hydrogen (secondary N) is 1. The highest BCUT2D eigenvalue weighted by Crippen LogP contribution is 2.30. The van der Waals surface area contributed by atoms with Gasteiger partial charge in [0.1, 0.15) is 4.75 Å². The number of benzene rings is 1. The van der Waals surface area contributed by atoms with Crippen LogP contribution in [0.25, 0.3) is 0 Å². The molecule has 0 aromatic heterocycles. The van der Waals surface area contributed by atoms with Crippen molar-refractivity contribution >= 4 is 28.9 Å². The number of hydrogen-bond donors (Lipinski definition) is 2. The zero-order chi connectivity index (χ0) is 15.6. The van der Waals surface area contributed by atoms with Gasteiger partial charge < -0.3 is 9.66 Å². The van der Waals surface area contributed by atoms with E-state index in [1.807, 2.05) is 20.8 Å². The average molecular weight is 318 g/mol. The molecule has 0 aliphatic heterocycles. The van der Waals surface area contributed by atoms with Crippen LogP contribution in [0.4, 0.5) is 0 Å². The Labute approximate surface area is 127 Å². The van der Waals surface area contributed by atoms with Crippen LogP contribution in [0.15, 0.2) is 24.3 Å². The molecule has 0 saturated heterocycles. The summed E-state index contributed by atoms with van der Waals surface area (Å²) in [4.78, 5) is 11.1. The van der Waals surface area contributed by atoms with E-state index in [0.29, 0.717) is 10.6 Å². The standard InChI is InChI=1S/C14H20ClNO3S/c1-13(2,3)20(19)16-14(4,9-12(17)18)10-6-5-7-11(15)8-10/h5-8,16H,9H2,1-4H3,(H,17,18)/t14-,20?/m0/s1. The molecule has 4 nitrogen and oxygen atoms in total. The number of halogens is 1. The van der Waals surface area contributed by atoms with Gasteiger partial charge in [-0.3, -0.25) is 4.79 Å². The van der Waals surface area contributed by atoms with Crippen LogP contribution in [-0.2, 0) is 21.7 Å². The van der Waals surface area contributed by atoms with Gasteiger partial charge in [0.25, 0.3) is 0 Å². The van der Waals surface area contributed by atoms with Gasteiger partial charge in [0, 0.05) is 16.4 Å². The van der Waals surface area contributed by atoms with Gasteiger partial charge in [-0.2, -0.15) is 0 Å². The van der Waals surface area contributed by atoms with Gasteiger partial charge >= 0.3 is 5.97 Å². The molecule has 0 fully saturated rings. The maximum Gasteiger partial charge on any atom is 0.305 e. The van der Waals surface area contributed by atoms with Crippen LogP contribution < -0.4 is 4.72 Å². The van der Waals surface area contributed by atoms with E-state index < -0.39 is 27.6 Å². The Morgan fingerprint density at radius 1 is 1.40 bits per heavy atom. The van der Waals surface area contributed by atoms with E-state index in [4.69, 9.17) is 16.7 Å². The molecular formula is C14H20ClNO3S. The summed E-state index contributed by atoms with van der Waals surface area (Å²) in [5.74, 6) is -0.967. The van der Waals surface area contributed by atoms with Crippen molar-refractivity contribution in [2.75, 3.05) is 0 Å². The van der Waals surface area contributed by atoms with Crippen molar-refractivity contribution in [1.29, 1.82) is 0 Å². The molecule has 0 amide bonds. The molecule has 0 heterocycles. The second-order valence-electron chi connectivity index (χ2n) is 5.90. The van der Waals surface area contributed by atoms with Crippen molar-refractivity contribution in [3.63, 3.8) is 0 Å². The molecule has 1 aromatic carbocycles. The summed E-state index contributed by atoms with van der Waals surface area (Å²) in [7, 11) is 0. The van der Waals surface area contributed by atoms with Gasteiger partial charge in [-0.15, -0.1) is 4.72 Å². The van der Waals surface area contributed by atoms with Crippen LogP contribution in [0.2, 0.25) is 5.02 Å². The summed E-state index contributed by atoms with van der Waals surface area (Å²) in [6.07, 6.45) is -0.185. The molecule has 0 radical (unpaired) electrons. The Bertz CT molecular complexity index is 490. The van der Waals surface area contributed by atoms with E-state index in [1.165, 1.54) is 0 Å². The summed E-state index contributed by atoms with van der Waals surface area (Å²) in [5, 5.41) is 9.64. The van der Waals surface area contributed by atoms with Crippen LogP contribution in [0.5, 0.6) is 0 Å². The molecule has 1 aromatic rings. The molecule has 0 bridgehead atoms. The largest absolute Gasteiger partial charge is 0.598 e. The fourth-order valence-electron chi connectivity index (χ4n) is 1.69. The van der Waals surface area contributed by atoms with Crippen LogP contribution in [0.3, 0.4) is 0 Å². The summed E-state index contributed by atoms with van der Waals surface area (Å²) in [6, 6.07) is 6.94. The molecule has 0 aliphatic carbocycles. The van der Waals surface area contributed by atoms with E-state index in [-0.39, 0.29) is 6.42 Å². The molecule has 1 unspecified atom stereocenters. The highest BCUT2D eigenvalue weighted by atomic mass is 35.5. The van der Waals surface area contributed by atoms with Gasteiger partial charge in [0.15, 0.2) is 0 Å². The van der Waals surface area contributed by atoms with Crippen molar-refractivity contribution in [3.8, 4) is 0 Å². The van der Waals surface area contributed by atoms with E-state index in [9.17, 15) is 9.35 Å². The summed E-state index contributed by atoms with van der Waals surface area (Å²) < 4.78 is 14.7. The van der Waals surface area contributed by atoms with Crippen molar-refractivity contribution in [2.24, 2.45) is 0 Å². The molecule has 2 N–H and O–H groups in total. The zero-order valence-corrected chi connectivity index (χ0v) is 13.6. The highest BCUT2D eigenvalue weighted by Gasteiger charge is 2.38. The average Bonchev–Trinajstić information content (AvgIpc) is 2.26. The first-order valence-electron chi connectivity index (χ1n) is 6.22. The number of aliphatic carboxylic acids is 1. The molecule has 112 valence electrons. The molecule has 0 spiro atoms. The Morgan fingerprint density at radius 2 is 2.00 bits per heavy atom. The minimum atomic E-state index is -1.39. The van der Waals surface area contributed by atoms with Crippen LogP contribution in [0, 0.1) is 0 Å². The van der Waals surface area contributed by atoms with Crippen molar-refractivity contribution < 1.29 is 14.5 Å². The molecule has 6 heteroatoms. The molecule has 2 atom stereocenters. The van der Waals surface area contributed by atoms with Crippen LogP contribution in [-0.4, -0.2) is 20.4 Å². The van der Waals surface area contributed by atoms with Gasteiger partial charge in [-0.1, -0.05) is 23.7 Å². The van der Waals surface area contributed by atoms with Gasteiger partial charge in [0.05, 0.1) is 12.0 Å². The Kier molecular flexibility index (Phi) is 5.49. The fourth-order valence-corrected chi connectivity index (χ4v) is 2.78. The molecular weight excluding hydrogens is 298 g/mol. The predicted octanol–water partition coefficient (Wildman–Crippen LogP) is 3.08. The van der Waals surface area contributed by atoms with Crippen molar-refractivity contribution in [1.82, 2.24) is 4.72 Å². The molecule has 0 aliphatic rings. The fraction of sp³-hybridized carbons (Fsp3) is 0.500. The topological polar surface area (TPSA) is 72.4 Å². The van der Waals surface area contributed by atoms with Crippen LogP contribution in [0.1, 0.15) is 39.7 Å². The maximum absolute atomic E-state index is 12.3. The van der Waals surface area contributed by atoms with Gasteiger partial charge in [-0.25, -0.2) is 0 Å². The first kappa shape index (κ1) is 17.3. The lowest BCUT2D eigenvalue weighted by atomic mass is 9.90. The van der Waals surface area contributed by atoms with E-state index >= 15 is 0 Å². The summed E-state index contributed by atoms with van der Waals surface area (Å²) >= 11 is 4.58. The Balaban J connectivity index is 3.13. The lowest BCUT2D eigenvalue weighted by molar-refractivity contribution is -0.138. The Hall–Kier alpha value is -0.750. The minimum Gasteiger partial charge on any atom is -0.598 e. The van der Waals surface area contributed by atoms with Crippen molar-refractivity contribution in [2.45, 2.75) is 44.4 Å². The number of carboxylic acids is 1. The quantitative estimate of drug-likeness (QED) is 0.819. The first-order valence-corrected chi connectivity index (χ1v) is 7.75. The molecule has 1 rings (SSSR count). The third kappa shape index (κ3) is 4.66. The van der Waals surface area contributed by atoms with Gasteiger partial charge in [0.2, 0.25) is 0 Å². The van der Waals surface area contributed by atoms with E-state index in [2.05, 4.69) is 4.72 Å². The molecule has 20 heavy (non-hydrogen) atoms.